The Morgan fingerprint density at radius 2 is 2.00 bits per heavy atom. The molecule has 0 bridgehead atoms. The van der Waals surface area contributed by atoms with Gasteiger partial charge in [-0.1, -0.05) is 13.3 Å². The number of ether oxygens (including phenoxy) is 1. The molecule has 0 aliphatic carbocycles. The summed E-state index contributed by atoms with van der Waals surface area (Å²) in [6, 6.07) is 8.03. The predicted molar refractivity (Wildman–Crippen MR) is 77.1 cm³/mol. The second-order valence-electron chi connectivity index (χ2n) is 4.18. The maximum atomic E-state index is 5.71. The van der Waals surface area contributed by atoms with Gasteiger partial charge < -0.3 is 10.5 Å². The first-order valence-corrected chi connectivity index (χ1v) is 6.98. The van der Waals surface area contributed by atoms with Crippen LogP contribution < -0.4 is 10.5 Å². The number of nitrogens with zero attached hydrogens (tertiary/aromatic N) is 1. The number of nitrogen functional groups attached to an aromatic ring is 1. The second-order valence-corrected chi connectivity index (χ2v) is 5.42. The maximum Gasteiger partial charge on any atom is 0.180 e. The molecule has 4 heteroatoms. The van der Waals surface area contributed by atoms with E-state index in [-0.39, 0.29) is 0 Å². The molecular weight excluding hydrogens is 244 g/mol. The van der Waals surface area contributed by atoms with Crippen LogP contribution in [-0.4, -0.2) is 11.6 Å². The molecule has 0 aliphatic rings. The summed E-state index contributed by atoms with van der Waals surface area (Å²) in [5.74, 6) is 0.910. The van der Waals surface area contributed by atoms with Crippen LogP contribution in [0.3, 0.4) is 0 Å². The average Bonchev–Trinajstić information content (AvgIpc) is 2.70. The zero-order chi connectivity index (χ0) is 13.0. The van der Waals surface area contributed by atoms with Gasteiger partial charge in [0.25, 0.3) is 0 Å². The van der Waals surface area contributed by atoms with E-state index in [0.717, 1.165) is 41.3 Å². The SMILES string of the molecule is CCCCOc1ccc(-c2nc(N)sc2C)cc1. The van der Waals surface area contributed by atoms with E-state index in [4.69, 9.17) is 10.5 Å². The minimum atomic E-state index is 0.616. The molecule has 1 aromatic carbocycles. The summed E-state index contributed by atoms with van der Waals surface area (Å²) in [6.45, 7) is 4.97. The Bertz CT molecular complexity index is 505. The summed E-state index contributed by atoms with van der Waals surface area (Å²) in [4.78, 5) is 5.49. The largest absolute Gasteiger partial charge is 0.494 e. The summed E-state index contributed by atoms with van der Waals surface area (Å²) >= 11 is 1.52. The van der Waals surface area contributed by atoms with Gasteiger partial charge in [0.05, 0.1) is 12.3 Å². The first-order valence-electron chi connectivity index (χ1n) is 6.17. The molecule has 0 unspecified atom stereocenters. The van der Waals surface area contributed by atoms with Crippen LogP contribution in [0.15, 0.2) is 24.3 Å². The Hall–Kier alpha value is -1.55. The van der Waals surface area contributed by atoms with Crippen LogP contribution in [0.2, 0.25) is 0 Å². The molecule has 2 aromatic rings. The minimum absolute atomic E-state index is 0.616. The first-order chi connectivity index (χ1) is 8.70. The van der Waals surface area contributed by atoms with Crippen LogP contribution in [0.5, 0.6) is 5.75 Å². The number of aromatic nitrogens is 1. The lowest BCUT2D eigenvalue weighted by molar-refractivity contribution is 0.309. The van der Waals surface area contributed by atoms with Crippen LogP contribution in [0, 0.1) is 6.92 Å². The highest BCUT2D eigenvalue weighted by Crippen LogP contribution is 2.29. The highest BCUT2D eigenvalue weighted by molar-refractivity contribution is 7.15. The van der Waals surface area contributed by atoms with Gasteiger partial charge in [-0.15, -0.1) is 11.3 Å². The summed E-state index contributed by atoms with van der Waals surface area (Å²) < 4.78 is 5.63. The van der Waals surface area contributed by atoms with Crippen molar-refractivity contribution in [2.45, 2.75) is 26.7 Å². The molecule has 3 nitrogen and oxygen atoms in total. The third kappa shape index (κ3) is 3.01. The monoisotopic (exact) mass is 262 g/mol. The number of nitrogens with two attached hydrogens (primary N) is 1. The van der Waals surface area contributed by atoms with Crippen molar-refractivity contribution >= 4 is 16.5 Å². The zero-order valence-electron chi connectivity index (χ0n) is 10.8. The fourth-order valence-electron chi connectivity index (χ4n) is 1.73. The van der Waals surface area contributed by atoms with Crippen LogP contribution in [-0.2, 0) is 0 Å². The molecule has 18 heavy (non-hydrogen) atoms. The average molecular weight is 262 g/mol. The second kappa shape index (κ2) is 5.87. The molecule has 0 saturated heterocycles. The number of benzene rings is 1. The molecule has 1 aromatic heterocycles. The Morgan fingerprint density at radius 3 is 2.56 bits per heavy atom. The maximum absolute atomic E-state index is 5.71. The van der Waals surface area contributed by atoms with Crippen LogP contribution in [0.4, 0.5) is 5.13 Å². The Kier molecular flexibility index (Phi) is 4.20. The number of hydrogen-bond acceptors (Lipinski definition) is 4. The smallest absolute Gasteiger partial charge is 0.180 e. The van der Waals surface area contributed by atoms with Crippen molar-refractivity contribution in [2.75, 3.05) is 12.3 Å². The van der Waals surface area contributed by atoms with Crippen molar-refractivity contribution in [3.8, 4) is 17.0 Å². The predicted octanol–water partition coefficient (Wildman–Crippen LogP) is 3.88. The normalized spacial score (nSPS) is 10.6. The Labute approximate surface area is 112 Å². The molecule has 96 valence electrons. The molecule has 0 saturated carbocycles. The molecule has 0 spiro atoms. The van der Waals surface area contributed by atoms with Gasteiger partial charge in [-0.3, -0.25) is 0 Å². The third-order valence-electron chi connectivity index (χ3n) is 2.71. The molecule has 0 fully saturated rings. The first kappa shape index (κ1) is 12.9. The van der Waals surface area contributed by atoms with E-state index in [0.29, 0.717) is 5.13 Å². The molecule has 0 amide bonds. The lowest BCUT2D eigenvalue weighted by Crippen LogP contribution is -1.96. The van der Waals surface area contributed by atoms with Crippen LogP contribution in [0.25, 0.3) is 11.3 Å². The van der Waals surface area contributed by atoms with E-state index >= 15 is 0 Å². The van der Waals surface area contributed by atoms with Gasteiger partial charge in [0.15, 0.2) is 5.13 Å². The number of hydrogen-bond donors (Lipinski definition) is 1. The Balaban J connectivity index is 2.10. The molecule has 0 radical (unpaired) electrons. The lowest BCUT2D eigenvalue weighted by Gasteiger charge is -2.06. The highest BCUT2D eigenvalue weighted by atomic mass is 32.1. The van der Waals surface area contributed by atoms with Crippen molar-refractivity contribution in [3.63, 3.8) is 0 Å². The van der Waals surface area contributed by atoms with Crippen molar-refractivity contribution in [2.24, 2.45) is 0 Å². The molecule has 0 aliphatic heterocycles. The van der Waals surface area contributed by atoms with Crippen molar-refractivity contribution in [1.29, 1.82) is 0 Å². The topological polar surface area (TPSA) is 48.1 Å². The molecule has 0 atom stereocenters. The number of aryl methyl sites for hydroxylation is 1. The van der Waals surface area contributed by atoms with E-state index in [2.05, 4.69) is 11.9 Å². The molecule has 1 heterocycles. The standard InChI is InChI=1S/C14H18N2OS/c1-3-4-9-17-12-7-5-11(6-8-12)13-10(2)18-14(15)16-13/h5-8H,3-4,9H2,1-2H3,(H2,15,16). The number of anilines is 1. The quantitative estimate of drug-likeness (QED) is 0.832. The Morgan fingerprint density at radius 1 is 1.28 bits per heavy atom. The van der Waals surface area contributed by atoms with E-state index in [1.807, 2.05) is 31.2 Å². The highest BCUT2D eigenvalue weighted by Gasteiger charge is 2.07. The summed E-state index contributed by atoms with van der Waals surface area (Å²) in [6.07, 6.45) is 2.23. The van der Waals surface area contributed by atoms with Crippen molar-refractivity contribution in [1.82, 2.24) is 4.98 Å². The van der Waals surface area contributed by atoms with Gasteiger partial charge in [0.1, 0.15) is 5.75 Å². The fraction of sp³-hybridized carbons (Fsp3) is 0.357. The minimum Gasteiger partial charge on any atom is -0.494 e. The van der Waals surface area contributed by atoms with E-state index < -0.39 is 0 Å². The number of thiazole rings is 1. The van der Waals surface area contributed by atoms with Gasteiger partial charge in [0, 0.05) is 10.4 Å². The molecule has 2 rings (SSSR count). The number of unbranched alkanes of at least 4 members (excludes halogenated alkanes) is 1. The third-order valence-corrected chi connectivity index (χ3v) is 3.51. The van der Waals surface area contributed by atoms with Gasteiger partial charge in [-0.25, -0.2) is 4.98 Å². The fourth-order valence-corrected chi connectivity index (χ4v) is 2.44. The molecule has 2 N–H and O–H groups in total. The van der Waals surface area contributed by atoms with Crippen molar-refractivity contribution in [3.05, 3.63) is 29.1 Å². The summed E-state index contributed by atoms with van der Waals surface area (Å²) in [5.41, 5.74) is 7.77. The van der Waals surface area contributed by atoms with Gasteiger partial charge in [-0.2, -0.15) is 0 Å². The summed E-state index contributed by atoms with van der Waals surface area (Å²) in [7, 11) is 0. The van der Waals surface area contributed by atoms with Gasteiger partial charge >= 0.3 is 0 Å². The number of rotatable bonds is 5. The van der Waals surface area contributed by atoms with E-state index in [1.54, 1.807) is 0 Å². The van der Waals surface area contributed by atoms with E-state index in [1.165, 1.54) is 11.3 Å². The summed E-state index contributed by atoms with van der Waals surface area (Å²) in [5, 5.41) is 0.616. The van der Waals surface area contributed by atoms with Gasteiger partial charge in [0.2, 0.25) is 0 Å². The van der Waals surface area contributed by atoms with Crippen LogP contribution >= 0.6 is 11.3 Å². The van der Waals surface area contributed by atoms with Gasteiger partial charge in [-0.05, 0) is 37.6 Å². The van der Waals surface area contributed by atoms with Crippen molar-refractivity contribution < 1.29 is 4.74 Å². The van der Waals surface area contributed by atoms with Crippen LogP contribution in [0.1, 0.15) is 24.6 Å². The van der Waals surface area contributed by atoms with E-state index in [9.17, 15) is 0 Å². The zero-order valence-corrected chi connectivity index (χ0v) is 11.6. The molecular formula is C14H18N2OS. The lowest BCUT2D eigenvalue weighted by atomic mass is 10.1.